The molecule has 48 heavy (non-hydrogen) atoms. The van der Waals surface area contributed by atoms with Gasteiger partial charge in [-0.25, -0.2) is 9.59 Å². The molecule has 0 saturated heterocycles. The Morgan fingerprint density at radius 3 is 0.812 bits per heavy atom. The largest absolute Gasteiger partial charge is 0.451 e. The second kappa shape index (κ2) is 21.1. The molecule has 0 aliphatic carbocycles. The second-order valence-corrected chi connectivity index (χ2v) is 11.6. The van der Waals surface area contributed by atoms with Crippen molar-refractivity contribution in [1.29, 1.82) is 0 Å². The van der Waals surface area contributed by atoms with Gasteiger partial charge in [-0.1, -0.05) is 0 Å². The standard InChI is InChI=1S/2C16H28N2O6/c2*1-9(11(3)19)17(6)15(21)13(5)24-16(22)10(2)18(7)14(20)12(4)23-8/h2*9-10,12-13H,1-8H3. The monoisotopic (exact) mass is 688 g/mol. The zero-order valence-electron chi connectivity index (χ0n) is 31.3. The molecule has 0 rings (SSSR count). The topological polar surface area (TPSA) is 186 Å². The molecular weight excluding hydrogens is 632 g/mol. The lowest BCUT2D eigenvalue weighted by Gasteiger charge is -2.29. The number of carbonyl (C=O) groups excluding carboxylic acids is 8. The van der Waals surface area contributed by atoms with Crippen LogP contribution in [0.15, 0.2) is 0 Å². The Morgan fingerprint density at radius 1 is 0.396 bits per heavy atom. The minimum atomic E-state index is -1.06. The van der Waals surface area contributed by atoms with Crippen molar-refractivity contribution in [2.24, 2.45) is 0 Å². The lowest BCUT2D eigenvalue weighted by molar-refractivity contribution is -0.166. The lowest BCUT2D eigenvalue weighted by atomic mass is 10.2. The van der Waals surface area contributed by atoms with Gasteiger partial charge in [-0.3, -0.25) is 28.8 Å². The molecule has 16 heteroatoms. The number of ketones is 2. The van der Waals surface area contributed by atoms with Crippen molar-refractivity contribution in [2.45, 2.75) is 118 Å². The fourth-order valence-electron chi connectivity index (χ4n) is 3.62. The molecule has 8 atom stereocenters. The van der Waals surface area contributed by atoms with Gasteiger partial charge in [0.2, 0.25) is 0 Å². The summed E-state index contributed by atoms with van der Waals surface area (Å²) in [5, 5.41) is 0. The highest BCUT2D eigenvalue weighted by Crippen LogP contribution is 2.10. The zero-order valence-corrected chi connectivity index (χ0v) is 31.3. The average molecular weight is 689 g/mol. The van der Waals surface area contributed by atoms with E-state index in [-0.39, 0.29) is 23.4 Å². The second-order valence-electron chi connectivity index (χ2n) is 11.6. The molecule has 0 aliphatic heterocycles. The van der Waals surface area contributed by atoms with E-state index >= 15 is 0 Å². The van der Waals surface area contributed by atoms with Crippen LogP contribution in [0.5, 0.6) is 0 Å². The molecule has 0 fully saturated rings. The number of esters is 2. The number of Topliss-reactive ketones (excluding diaryl/α,β-unsaturated/α-hetero) is 2. The van der Waals surface area contributed by atoms with Gasteiger partial charge in [-0.2, -0.15) is 0 Å². The smallest absolute Gasteiger partial charge is 0.329 e. The van der Waals surface area contributed by atoms with Crippen molar-refractivity contribution in [3.8, 4) is 0 Å². The molecule has 0 aliphatic rings. The number of nitrogens with zero attached hydrogens (tertiary/aromatic N) is 4. The molecule has 0 saturated carbocycles. The van der Waals surface area contributed by atoms with Crippen LogP contribution in [0.2, 0.25) is 0 Å². The van der Waals surface area contributed by atoms with Gasteiger partial charge in [0, 0.05) is 42.4 Å². The van der Waals surface area contributed by atoms with Crippen LogP contribution in [0.4, 0.5) is 0 Å². The Kier molecular flexibility index (Phi) is 20.3. The van der Waals surface area contributed by atoms with Crippen molar-refractivity contribution in [3.05, 3.63) is 0 Å². The predicted molar refractivity (Wildman–Crippen MR) is 174 cm³/mol. The number of carbonyl (C=O) groups is 8. The highest BCUT2D eigenvalue weighted by atomic mass is 16.6. The number of hydrogen-bond donors (Lipinski definition) is 0. The molecule has 16 nitrogen and oxygen atoms in total. The third kappa shape index (κ3) is 13.7. The van der Waals surface area contributed by atoms with Crippen LogP contribution in [-0.2, 0) is 57.3 Å². The molecule has 4 amide bonds. The van der Waals surface area contributed by atoms with E-state index in [2.05, 4.69) is 0 Å². The van der Waals surface area contributed by atoms with Crippen LogP contribution in [0.1, 0.15) is 69.2 Å². The maximum atomic E-state index is 12.2. The third-order valence-electron chi connectivity index (χ3n) is 8.26. The Bertz CT molecular complexity index is 1070. The molecule has 0 spiro atoms. The molecule has 0 aromatic rings. The maximum absolute atomic E-state index is 12.2. The first-order valence-electron chi connectivity index (χ1n) is 15.4. The third-order valence-corrected chi connectivity index (χ3v) is 8.26. The van der Waals surface area contributed by atoms with Crippen molar-refractivity contribution in [2.75, 3.05) is 42.4 Å². The van der Waals surface area contributed by atoms with Crippen LogP contribution in [0, 0.1) is 0 Å². The van der Waals surface area contributed by atoms with Gasteiger partial charge in [0.05, 0.1) is 12.1 Å². The number of hydrogen-bond acceptors (Lipinski definition) is 12. The van der Waals surface area contributed by atoms with E-state index < -0.39 is 72.3 Å². The summed E-state index contributed by atoms with van der Waals surface area (Å²) >= 11 is 0. The summed E-state index contributed by atoms with van der Waals surface area (Å²) in [4.78, 5) is 100. The van der Waals surface area contributed by atoms with Crippen molar-refractivity contribution in [1.82, 2.24) is 19.6 Å². The first-order valence-corrected chi connectivity index (χ1v) is 15.4. The summed E-state index contributed by atoms with van der Waals surface area (Å²) in [6.45, 7) is 14.9. The lowest BCUT2D eigenvalue weighted by Crippen LogP contribution is -2.49. The van der Waals surface area contributed by atoms with E-state index in [9.17, 15) is 38.4 Å². The van der Waals surface area contributed by atoms with Gasteiger partial charge in [0.15, 0.2) is 23.8 Å². The Morgan fingerprint density at radius 2 is 0.604 bits per heavy atom. The highest BCUT2D eigenvalue weighted by molar-refractivity contribution is 5.92. The van der Waals surface area contributed by atoms with E-state index in [0.29, 0.717) is 0 Å². The summed E-state index contributed by atoms with van der Waals surface area (Å²) in [6, 6.07) is -2.97. The van der Waals surface area contributed by atoms with Gasteiger partial charge >= 0.3 is 11.9 Å². The van der Waals surface area contributed by atoms with Crippen molar-refractivity contribution >= 4 is 47.1 Å². The van der Waals surface area contributed by atoms with Crippen LogP contribution in [0.3, 0.4) is 0 Å². The molecule has 276 valence electrons. The Balaban J connectivity index is 0. The zero-order chi connectivity index (χ0) is 38.4. The minimum absolute atomic E-state index is 0.170. The first kappa shape index (κ1) is 46.2. The molecule has 0 heterocycles. The van der Waals surface area contributed by atoms with E-state index in [4.69, 9.17) is 18.9 Å². The SMILES string of the molecule is COC(C)C(=O)N(C)C(C)C(=O)OC(C)C(=O)N(C)C(C)C(C)=O.COC(C)C(=O)N(C)C(C)C(=O)OC(C)C(=O)N(C)C(C)C(C)=O. The summed E-state index contributed by atoms with van der Waals surface area (Å²) in [5.74, 6) is -3.48. The predicted octanol–water partition coefficient (Wildman–Crippen LogP) is 0.472. The van der Waals surface area contributed by atoms with E-state index in [1.54, 1.807) is 27.7 Å². The number of methoxy groups -OCH3 is 2. The summed E-state index contributed by atoms with van der Waals surface area (Å²) in [6.07, 6.45) is -3.50. The minimum Gasteiger partial charge on any atom is -0.451 e. The first-order chi connectivity index (χ1) is 21.9. The number of amides is 4. The van der Waals surface area contributed by atoms with E-state index in [1.807, 2.05) is 0 Å². The van der Waals surface area contributed by atoms with Gasteiger partial charge in [-0.05, 0) is 69.2 Å². The summed E-state index contributed by atoms with van der Waals surface area (Å²) in [5.41, 5.74) is 0. The summed E-state index contributed by atoms with van der Waals surface area (Å²) in [7, 11) is 8.65. The quantitative estimate of drug-likeness (QED) is 0.205. The molecule has 0 radical (unpaired) electrons. The molecule has 0 bridgehead atoms. The molecular formula is C32H56N4O12. The number of ether oxygens (including phenoxy) is 4. The van der Waals surface area contributed by atoms with Gasteiger partial charge in [0.1, 0.15) is 24.3 Å². The van der Waals surface area contributed by atoms with Crippen LogP contribution in [0.25, 0.3) is 0 Å². The molecule has 0 aromatic carbocycles. The fraction of sp³-hybridized carbons (Fsp3) is 0.750. The Labute approximate surface area is 284 Å². The van der Waals surface area contributed by atoms with Crippen LogP contribution < -0.4 is 0 Å². The van der Waals surface area contributed by atoms with Crippen molar-refractivity contribution < 1.29 is 57.3 Å². The average Bonchev–Trinajstić information content (AvgIpc) is 3.06. The maximum Gasteiger partial charge on any atom is 0.329 e. The van der Waals surface area contributed by atoms with Crippen LogP contribution >= 0.6 is 0 Å². The van der Waals surface area contributed by atoms with Gasteiger partial charge < -0.3 is 38.5 Å². The molecule has 0 N–H and O–H groups in total. The van der Waals surface area contributed by atoms with Crippen LogP contribution in [-0.4, -0.2) is 158 Å². The van der Waals surface area contributed by atoms with Gasteiger partial charge in [0.25, 0.3) is 23.6 Å². The summed E-state index contributed by atoms with van der Waals surface area (Å²) < 4.78 is 20.1. The van der Waals surface area contributed by atoms with Crippen molar-refractivity contribution in [3.63, 3.8) is 0 Å². The number of rotatable bonds is 16. The van der Waals surface area contributed by atoms with E-state index in [0.717, 1.165) is 0 Å². The Hall–Kier alpha value is -3.92. The fourth-order valence-corrected chi connectivity index (χ4v) is 3.62. The normalized spacial score (nSPS) is 15.7. The van der Waals surface area contributed by atoms with Gasteiger partial charge in [-0.15, -0.1) is 0 Å². The van der Waals surface area contributed by atoms with E-state index in [1.165, 1.54) is 104 Å². The molecule has 8 unspecified atom stereocenters. The molecule has 0 aromatic heterocycles. The number of likely N-dealkylation sites (N-methyl/N-ethyl adjacent to an activating group) is 4. The highest BCUT2D eigenvalue weighted by Gasteiger charge is 2.33.